The van der Waals surface area contributed by atoms with Gasteiger partial charge in [0.25, 0.3) is 0 Å². The number of primary amides is 3. The number of hydrogen-bond donors (Lipinski definition) is 4. The molecule has 45 heavy (non-hydrogen) atoms. The van der Waals surface area contributed by atoms with E-state index >= 15 is 0 Å². The highest BCUT2D eigenvalue weighted by Crippen LogP contribution is 2.14. The number of ketones is 1. The average Bonchev–Trinajstić information content (AvgIpc) is 2.99. The molecule has 12 heteroatoms. The van der Waals surface area contributed by atoms with E-state index < -0.39 is 11.9 Å². The molecule has 0 aliphatic rings. The van der Waals surface area contributed by atoms with Gasteiger partial charge in [-0.15, -0.1) is 0 Å². The fourth-order valence-corrected chi connectivity index (χ4v) is 3.56. The highest BCUT2D eigenvalue weighted by molar-refractivity contribution is 5.75. The zero-order valence-corrected chi connectivity index (χ0v) is 28.6. The third-order valence-electron chi connectivity index (χ3n) is 6.10. The summed E-state index contributed by atoms with van der Waals surface area (Å²) in [6.07, 6.45) is 25.0. The molecule has 0 aromatic heterocycles. The molecule has 0 aliphatic heterocycles. The maximum atomic E-state index is 10.2. The molecular formula is C33H67N3O9. The Morgan fingerprint density at radius 3 is 1.27 bits per heavy atom. The molecule has 0 heterocycles. The van der Waals surface area contributed by atoms with E-state index in [0.29, 0.717) is 19.4 Å². The number of aldehydes is 1. The number of carbonyl (C=O) groups is 6. The molecule has 0 bridgehead atoms. The van der Waals surface area contributed by atoms with Crippen LogP contribution in [0.15, 0.2) is 0 Å². The van der Waals surface area contributed by atoms with Gasteiger partial charge in [0.1, 0.15) is 12.1 Å². The Morgan fingerprint density at radius 1 is 0.622 bits per heavy atom. The summed E-state index contributed by atoms with van der Waals surface area (Å²) in [6, 6.07) is 0. The lowest BCUT2D eigenvalue weighted by Gasteiger charge is -2.04. The van der Waals surface area contributed by atoms with Crippen LogP contribution in [0.4, 0.5) is 0 Å². The zero-order valence-electron chi connectivity index (χ0n) is 28.6. The van der Waals surface area contributed by atoms with Crippen LogP contribution in [-0.2, 0) is 38.2 Å². The summed E-state index contributed by atoms with van der Waals surface area (Å²) in [5, 5.41) is 8.07. The molecule has 3 amide bonds. The van der Waals surface area contributed by atoms with E-state index in [0.717, 1.165) is 32.3 Å². The van der Waals surface area contributed by atoms with E-state index in [2.05, 4.69) is 11.5 Å². The fourth-order valence-electron chi connectivity index (χ4n) is 3.56. The molecule has 12 nitrogen and oxygen atoms in total. The number of Topliss-reactive ketones (excluding diaryl/α,β-unsaturated/α-hetero) is 1. The molecule has 0 rings (SSSR count). The van der Waals surface area contributed by atoms with Crippen molar-refractivity contribution < 1.29 is 43.3 Å². The summed E-state index contributed by atoms with van der Waals surface area (Å²) >= 11 is 0. The maximum Gasteiger partial charge on any atom is 0.303 e. The number of unbranched alkanes of at least 4 members (excludes halogenated alkanes) is 16. The second-order valence-corrected chi connectivity index (χ2v) is 10.3. The van der Waals surface area contributed by atoms with Crippen molar-refractivity contribution in [1.82, 2.24) is 0 Å². The fraction of sp³-hybridized carbons (Fsp3) is 0.818. The van der Waals surface area contributed by atoms with Crippen molar-refractivity contribution in [3.63, 3.8) is 0 Å². The minimum absolute atomic E-state index is 0.0168. The standard InChI is InChI=1S/C22H44O3.C5H9NO3.C4H8O.2CH3NO/c1-24-21-22-25-20-18-16-14-12-10-8-6-4-2-3-5-7-9-11-13-15-17-19-23;6-4(7)2-1-3-5(8)9;1-3-4(2)5;2*2-1-3/h19H,2-18,20-22H2,1H3;1-3H2,(H2,6,7)(H,8,9);3H2,1-2H3;2*1H,(H2,2,3). The van der Waals surface area contributed by atoms with Crippen molar-refractivity contribution >= 4 is 36.8 Å². The molecule has 0 aromatic carbocycles. The van der Waals surface area contributed by atoms with Gasteiger partial charge in [-0.2, -0.15) is 0 Å². The Balaban J connectivity index is -0.000000216. The number of carboxylic acid groups (broad SMARTS) is 1. The normalized spacial score (nSPS) is 9.31. The molecular weight excluding hydrogens is 582 g/mol. The van der Waals surface area contributed by atoms with Crippen LogP contribution in [0.25, 0.3) is 0 Å². The molecule has 0 aliphatic carbocycles. The number of carboxylic acids is 1. The number of hydrogen-bond acceptors (Lipinski definition) is 8. The van der Waals surface area contributed by atoms with Crippen LogP contribution in [0.2, 0.25) is 0 Å². The van der Waals surface area contributed by atoms with E-state index in [4.69, 9.17) is 29.9 Å². The van der Waals surface area contributed by atoms with Crippen molar-refractivity contribution in [1.29, 1.82) is 0 Å². The van der Waals surface area contributed by atoms with Crippen molar-refractivity contribution in [2.75, 3.05) is 26.9 Å². The number of rotatable bonds is 27. The number of nitrogens with two attached hydrogens (primary N) is 3. The molecule has 0 saturated heterocycles. The lowest BCUT2D eigenvalue weighted by Crippen LogP contribution is -2.10. The molecule has 0 unspecified atom stereocenters. The van der Waals surface area contributed by atoms with Crippen LogP contribution in [0.5, 0.6) is 0 Å². The first-order chi connectivity index (χ1) is 21.6. The third kappa shape index (κ3) is 85.6. The van der Waals surface area contributed by atoms with Crippen LogP contribution in [-0.4, -0.2) is 68.8 Å². The van der Waals surface area contributed by atoms with Gasteiger partial charge in [-0.05, 0) is 26.2 Å². The van der Waals surface area contributed by atoms with Gasteiger partial charge in [0.2, 0.25) is 18.7 Å². The Kier molecular flexibility index (Phi) is 61.7. The monoisotopic (exact) mass is 649 g/mol. The summed E-state index contributed by atoms with van der Waals surface area (Å²) in [5.41, 5.74) is 13.1. The third-order valence-corrected chi connectivity index (χ3v) is 6.10. The first-order valence-corrected chi connectivity index (χ1v) is 16.4. The Labute approximate surface area is 272 Å². The number of amides is 3. The maximum absolute atomic E-state index is 10.2. The van der Waals surface area contributed by atoms with Crippen molar-refractivity contribution in [2.45, 2.75) is 149 Å². The predicted octanol–water partition coefficient (Wildman–Crippen LogP) is 5.40. The van der Waals surface area contributed by atoms with E-state index in [1.165, 1.54) is 96.3 Å². The van der Waals surface area contributed by atoms with Crippen LogP contribution in [0, 0.1) is 0 Å². The minimum Gasteiger partial charge on any atom is -0.481 e. The van der Waals surface area contributed by atoms with Gasteiger partial charge in [-0.3, -0.25) is 19.2 Å². The molecule has 0 radical (unpaired) electrons. The summed E-state index contributed by atoms with van der Waals surface area (Å²) in [6.45, 7) is 5.77. The molecule has 0 fully saturated rings. The summed E-state index contributed by atoms with van der Waals surface area (Å²) in [7, 11) is 1.71. The van der Waals surface area contributed by atoms with E-state index in [1.807, 2.05) is 6.92 Å². The number of aliphatic carboxylic acids is 1. The minimum atomic E-state index is -0.892. The highest BCUT2D eigenvalue weighted by atomic mass is 16.5. The van der Waals surface area contributed by atoms with Gasteiger partial charge >= 0.3 is 5.97 Å². The van der Waals surface area contributed by atoms with Crippen LogP contribution >= 0.6 is 0 Å². The second-order valence-electron chi connectivity index (χ2n) is 10.3. The molecule has 0 spiro atoms. The first-order valence-electron chi connectivity index (χ1n) is 16.4. The Morgan fingerprint density at radius 2 is 0.978 bits per heavy atom. The number of methoxy groups -OCH3 is 1. The quantitative estimate of drug-likeness (QED) is 0.0660. The summed E-state index contributed by atoms with van der Waals surface area (Å²) in [5.74, 6) is -1.09. The van der Waals surface area contributed by atoms with Crippen molar-refractivity contribution in [2.24, 2.45) is 17.2 Å². The highest BCUT2D eigenvalue weighted by Gasteiger charge is 1.98. The van der Waals surface area contributed by atoms with E-state index in [1.54, 1.807) is 14.0 Å². The van der Waals surface area contributed by atoms with Crippen LogP contribution < -0.4 is 17.2 Å². The van der Waals surface area contributed by atoms with Crippen LogP contribution in [0.1, 0.15) is 149 Å². The van der Waals surface area contributed by atoms with Crippen molar-refractivity contribution in [3.05, 3.63) is 0 Å². The molecule has 0 atom stereocenters. The van der Waals surface area contributed by atoms with Gasteiger partial charge in [-0.25, -0.2) is 0 Å². The molecule has 268 valence electrons. The average molecular weight is 650 g/mol. The Hall–Kier alpha value is -2.86. The van der Waals surface area contributed by atoms with Crippen LogP contribution in [0.3, 0.4) is 0 Å². The SMILES string of the molecule is CCC(C)=O.COCCOCCCCCCCCCCCCCCCCCCC=O.NC(=O)CCCC(=O)O.NC=O.NC=O. The largest absolute Gasteiger partial charge is 0.481 e. The number of carbonyl (C=O) groups excluding carboxylic acids is 5. The number of ether oxygens (including phenoxy) is 2. The van der Waals surface area contributed by atoms with Crippen molar-refractivity contribution in [3.8, 4) is 0 Å². The zero-order chi connectivity index (χ0) is 35.2. The lowest BCUT2D eigenvalue weighted by molar-refractivity contribution is -0.137. The predicted molar refractivity (Wildman–Crippen MR) is 179 cm³/mol. The van der Waals surface area contributed by atoms with Gasteiger partial charge in [-0.1, -0.05) is 96.8 Å². The van der Waals surface area contributed by atoms with E-state index in [9.17, 15) is 19.2 Å². The first kappa shape index (κ1) is 51.7. The Bertz CT molecular complexity index is 617. The lowest BCUT2D eigenvalue weighted by atomic mass is 10.0. The topological polar surface area (TPSA) is 219 Å². The molecule has 7 N–H and O–H groups in total. The second kappa shape index (κ2) is 53.7. The smallest absolute Gasteiger partial charge is 0.303 e. The van der Waals surface area contributed by atoms with Gasteiger partial charge < -0.3 is 41.4 Å². The molecule has 0 aromatic rings. The van der Waals surface area contributed by atoms with Gasteiger partial charge in [0.15, 0.2) is 0 Å². The molecule has 0 saturated carbocycles. The van der Waals surface area contributed by atoms with Gasteiger partial charge in [0.05, 0.1) is 13.2 Å². The van der Waals surface area contributed by atoms with Gasteiger partial charge in [0, 0.05) is 39.4 Å². The van der Waals surface area contributed by atoms with E-state index in [-0.39, 0.29) is 31.4 Å². The summed E-state index contributed by atoms with van der Waals surface area (Å²) < 4.78 is 10.4. The summed E-state index contributed by atoms with van der Waals surface area (Å²) in [4.78, 5) is 57.0.